The summed E-state index contributed by atoms with van der Waals surface area (Å²) in [5, 5.41) is 6.16. The van der Waals surface area contributed by atoms with Crippen LogP contribution >= 0.6 is 0 Å². The van der Waals surface area contributed by atoms with Gasteiger partial charge in [-0.15, -0.1) is 0 Å². The molecule has 6 heteroatoms. The van der Waals surface area contributed by atoms with Crippen LogP contribution in [0.4, 0.5) is 22.0 Å². The highest BCUT2D eigenvalue weighted by Gasteiger charge is 2.09. The Morgan fingerprint density at radius 2 is 1.59 bits per heavy atom. The molecule has 0 unspecified atom stereocenters. The number of carbonyl (C=O) groups is 1. The Morgan fingerprint density at radius 3 is 2.26 bits per heavy atom. The van der Waals surface area contributed by atoms with Crippen molar-refractivity contribution in [2.75, 3.05) is 23.7 Å². The Morgan fingerprint density at radius 1 is 0.926 bits per heavy atom. The molecular weight excluding hydrogens is 338 g/mol. The van der Waals surface area contributed by atoms with Crippen LogP contribution in [0.3, 0.4) is 0 Å². The molecule has 3 rings (SSSR count). The molecule has 0 saturated heterocycles. The second-order valence-corrected chi connectivity index (χ2v) is 5.96. The number of amides is 2. The van der Waals surface area contributed by atoms with Crippen LogP contribution in [0.25, 0.3) is 11.3 Å². The molecule has 1 heterocycles. The van der Waals surface area contributed by atoms with Crippen molar-refractivity contribution in [1.29, 1.82) is 0 Å². The topological polar surface area (TPSA) is 70.2 Å². The van der Waals surface area contributed by atoms with Crippen molar-refractivity contribution >= 4 is 23.2 Å². The third-order valence-corrected chi connectivity index (χ3v) is 4.20. The first kappa shape index (κ1) is 18.4. The van der Waals surface area contributed by atoms with E-state index in [1.807, 2.05) is 74.5 Å². The number of nitrogens with one attached hydrogen (secondary N) is 2. The Hall–Kier alpha value is -3.41. The fourth-order valence-electron chi connectivity index (χ4n) is 2.69. The molecular formula is C21H23N5O. The fraction of sp³-hybridized carbons (Fsp3) is 0.190. The molecule has 0 aliphatic carbocycles. The van der Waals surface area contributed by atoms with E-state index >= 15 is 0 Å². The number of benzene rings is 2. The van der Waals surface area contributed by atoms with Gasteiger partial charge in [0, 0.05) is 36.1 Å². The van der Waals surface area contributed by atoms with E-state index in [2.05, 4.69) is 20.6 Å². The van der Waals surface area contributed by atoms with Crippen LogP contribution in [-0.4, -0.2) is 34.0 Å². The molecule has 2 aromatic carbocycles. The third-order valence-electron chi connectivity index (χ3n) is 4.20. The van der Waals surface area contributed by atoms with E-state index in [-0.39, 0.29) is 6.03 Å². The molecule has 0 saturated carbocycles. The zero-order valence-corrected chi connectivity index (χ0v) is 15.5. The number of hydrogen-bond acceptors (Lipinski definition) is 4. The second kappa shape index (κ2) is 8.80. The van der Waals surface area contributed by atoms with Gasteiger partial charge in [-0.3, -0.25) is 0 Å². The van der Waals surface area contributed by atoms with E-state index in [0.717, 1.165) is 22.6 Å². The van der Waals surface area contributed by atoms with Crippen LogP contribution in [0.15, 0.2) is 67.0 Å². The zero-order valence-electron chi connectivity index (χ0n) is 15.5. The first-order chi connectivity index (χ1) is 13.2. The van der Waals surface area contributed by atoms with Crippen molar-refractivity contribution in [1.82, 2.24) is 14.9 Å². The maximum absolute atomic E-state index is 12.1. The van der Waals surface area contributed by atoms with Crippen LogP contribution < -0.4 is 10.6 Å². The van der Waals surface area contributed by atoms with E-state index in [0.29, 0.717) is 18.9 Å². The van der Waals surface area contributed by atoms with Gasteiger partial charge < -0.3 is 15.5 Å². The average Bonchev–Trinajstić information content (AvgIpc) is 2.71. The number of hydrogen-bond donors (Lipinski definition) is 2. The standard InChI is InChI=1S/C21H23N5O/c1-3-26(4-2)21(27)25-18-12-10-17(11-13-18)24-20-14-19(22-15-23-20)16-8-6-5-7-9-16/h5-15H,3-4H2,1-2H3,(H,25,27)(H,22,23,24). The lowest BCUT2D eigenvalue weighted by Crippen LogP contribution is -2.34. The largest absolute Gasteiger partial charge is 0.340 e. The maximum Gasteiger partial charge on any atom is 0.321 e. The summed E-state index contributed by atoms with van der Waals surface area (Å²) in [6, 6.07) is 19.3. The minimum Gasteiger partial charge on any atom is -0.340 e. The molecule has 0 spiro atoms. The molecule has 0 atom stereocenters. The summed E-state index contributed by atoms with van der Waals surface area (Å²) in [4.78, 5) is 22.4. The molecule has 27 heavy (non-hydrogen) atoms. The summed E-state index contributed by atoms with van der Waals surface area (Å²) in [7, 11) is 0. The molecule has 0 aliphatic rings. The number of urea groups is 1. The van der Waals surface area contributed by atoms with E-state index in [1.54, 1.807) is 11.2 Å². The molecule has 138 valence electrons. The van der Waals surface area contributed by atoms with Crippen LogP contribution in [0.1, 0.15) is 13.8 Å². The summed E-state index contributed by atoms with van der Waals surface area (Å²) < 4.78 is 0. The van der Waals surface area contributed by atoms with Gasteiger partial charge in [0.05, 0.1) is 5.69 Å². The Bertz CT molecular complexity index is 877. The van der Waals surface area contributed by atoms with Gasteiger partial charge in [-0.2, -0.15) is 0 Å². The lowest BCUT2D eigenvalue weighted by Gasteiger charge is -2.19. The monoisotopic (exact) mass is 361 g/mol. The highest BCUT2D eigenvalue weighted by molar-refractivity contribution is 5.89. The second-order valence-electron chi connectivity index (χ2n) is 5.96. The summed E-state index contributed by atoms with van der Waals surface area (Å²) >= 11 is 0. The van der Waals surface area contributed by atoms with Gasteiger partial charge in [0.1, 0.15) is 12.1 Å². The van der Waals surface area contributed by atoms with Crippen LogP contribution in [0, 0.1) is 0 Å². The van der Waals surface area contributed by atoms with Crippen LogP contribution in [-0.2, 0) is 0 Å². The number of carbonyl (C=O) groups excluding carboxylic acids is 1. The van der Waals surface area contributed by atoms with Gasteiger partial charge >= 0.3 is 6.03 Å². The molecule has 0 radical (unpaired) electrons. The SMILES string of the molecule is CCN(CC)C(=O)Nc1ccc(Nc2cc(-c3ccccc3)ncn2)cc1. The van der Waals surface area contributed by atoms with Crippen molar-refractivity contribution < 1.29 is 4.79 Å². The minimum atomic E-state index is -0.0935. The summed E-state index contributed by atoms with van der Waals surface area (Å²) in [5.41, 5.74) is 3.53. The van der Waals surface area contributed by atoms with Crippen molar-refractivity contribution in [2.24, 2.45) is 0 Å². The van der Waals surface area contributed by atoms with Gasteiger partial charge in [-0.25, -0.2) is 14.8 Å². The van der Waals surface area contributed by atoms with Crippen molar-refractivity contribution in [3.8, 4) is 11.3 Å². The first-order valence-corrected chi connectivity index (χ1v) is 9.00. The van der Waals surface area contributed by atoms with E-state index in [1.165, 1.54) is 0 Å². The highest BCUT2D eigenvalue weighted by atomic mass is 16.2. The molecule has 0 fully saturated rings. The Labute approximate surface area is 159 Å². The molecule has 2 amide bonds. The molecule has 6 nitrogen and oxygen atoms in total. The number of anilines is 3. The fourth-order valence-corrected chi connectivity index (χ4v) is 2.69. The van der Waals surface area contributed by atoms with Crippen molar-refractivity contribution in [3.63, 3.8) is 0 Å². The normalized spacial score (nSPS) is 10.3. The van der Waals surface area contributed by atoms with Gasteiger partial charge in [-0.1, -0.05) is 30.3 Å². The predicted octanol–water partition coefficient (Wildman–Crippen LogP) is 4.76. The minimum absolute atomic E-state index is 0.0935. The molecule has 1 aromatic heterocycles. The summed E-state index contributed by atoms with van der Waals surface area (Å²) in [5.74, 6) is 0.712. The molecule has 3 aromatic rings. The molecule has 0 bridgehead atoms. The van der Waals surface area contributed by atoms with Crippen LogP contribution in [0.2, 0.25) is 0 Å². The Kier molecular flexibility index (Phi) is 5.99. The quantitative estimate of drug-likeness (QED) is 0.664. The number of nitrogens with zero attached hydrogens (tertiary/aromatic N) is 3. The number of rotatable bonds is 6. The van der Waals surface area contributed by atoms with E-state index < -0.39 is 0 Å². The third kappa shape index (κ3) is 4.82. The summed E-state index contributed by atoms with van der Waals surface area (Å²) in [6.45, 7) is 5.28. The van der Waals surface area contributed by atoms with Gasteiger partial charge in [0.15, 0.2) is 0 Å². The zero-order chi connectivity index (χ0) is 19.1. The average molecular weight is 361 g/mol. The summed E-state index contributed by atoms with van der Waals surface area (Å²) in [6.07, 6.45) is 1.54. The highest BCUT2D eigenvalue weighted by Crippen LogP contribution is 2.22. The van der Waals surface area contributed by atoms with E-state index in [4.69, 9.17) is 0 Å². The van der Waals surface area contributed by atoms with Gasteiger partial charge in [-0.05, 0) is 38.1 Å². The lowest BCUT2D eigenvalue weighted by molar-refractivity contribution is 0.217. The van der Waals surface area contributed by atoms with Gasteiger partial charge in [0.25, 0.3) is 0 Å². The smallest absolute Gasteiger partial charge is 0.321 e. The Balaban J connectivity index is 1.67. The van der Waals surface area contributed by atoms with Gasteiger partial charge in [0.2, 0.25) is 0 Å². The van der Waals surface area contributed by atoms with Crippen LogP contribution in [0.5, 0.6) is 0 Å². The predicted molar refractivity (Wildman–Crippen MR) is 109 cm³/mol. The van der Waals surface area contributed by atoms with Crippen molar-refractivity contribution in [3.05, 3.63) is 67.0 Å². The molecule has 2 N–H and O–H groups in total. The lowest BCUT2D eigenvalue weighted by atomic mass is 10.1. The number of aromatic nitrogens is 2. The molecule has 0 aliphatic heterocycles. The first-order valence-electron chi connectivity index (χ1n) is 9.00. The maximum atomic E-state index is 12.1. The van der Waals surface area contributed by atoms with E-state index in [9.17, 15) is 4.79 Å². The van der Waals surface area contributed by atoms with Crippen molar-refractivity contribution in [2.45, 2.75) is 13.8 Å².